The maximum absolute atomic E-state index is 7.04. The van der Waals surface area contributed by atoms with Crippen LogP contribution < -0.4 is 4.74 Å². The lowest BCUT2D eigenvalue weighted by Crippen LogP contribution is -2.43. The van der Waals surface area contributed by atoms with Gasteiger partial charge in [0.2, 0.25) is 0 Å². The number of nitrogens with zero attached hydrogens (tertiary/aromatic N) is 1. The van der Waals surface area contributed by atoms with Crippen LogP contribution >= 0.6 is 0 Å². The van der Waals surface area contributed by atoms with Crippen molar-refractivity contribution in [2.75, 3.05) is 20.2 Å². The van der Waals surface area contributed by atoms with E-state index in [1.165, 1.54) is 35.1 Å². The first-order chi connectivity index (χ1) is 16.5. The molecule has 0 saturated carbocycles. The fourth-order valence-electron chi connectivity index (χ4n) is 4.96. The number of hydrogen-bond donors (Lipinski definition) is 0. The van der Waals surface area contributed by atoms with Crippen molar-refractivity contribution in [3.63, 3.8) is 0 Å². The molecule has 4 rings (SSSR count). The summed E-state index contributed by atoms with van der Waals surface area (Å²) >= 11 is 0. The number of methoxy groups -OCH3 is 1. The number of hydrogen-bond acceptors (Lipinski definition) is 3. The van der Waals surface area contributed by atoms with Gasteiger partial charge in [0, 0.05) is 13.1 Å². The second kappa shape index (κ2) is 11.2. The van der Waals surface area contributed by atoms with Gasteiger partial charge in [0.05, 0.1) is 7.11 Å². The molecule has 1 heterocycles. The first kappa shape index (κ1) is 24.5. The Morgan fingerprint density at radius 1 is 0.882 bits per heavy atom. The van der Waals surface area contributed by atoms with Gasteiger partial charge < -0.3 is 9.47 Å². The molecule has 1 aliphatic heterocycles. The minimum Gasteiger partial charge on any atom is -0.497 e. The van der Waals surface area contributed by atoms with Crippen molar-refractivity contribution in [3.8, 4) is 5.75 Å². The summed E-state index contributed by atoms with van der Waals surface area (Å²) in [7, 11) is 1.71. The minimum absolute atomic E-state index is 0.0492. The molecule has 180 valence electrons. The van der Waals surface area contributed by atoms with Crippen LogP contribution in [0.3, 0.4) is 0 Å². The summed E-state index contributed by atoms with van der Waals surface area (Å²) in [6.07, 6.45) is 4.57. The van der Waals surface area contributed by atoms with E-state index >= 15 is 0 Å². The van der Waals surface area contributed by atoms with Gasteiger partial charge in [0.15, 0.2) is 0 Å². The summed E-state index contributed by atoms with van der Waals surface area (Å²) in [5, 5.41) is 0. The normalized spacial score (nSPS) is 17.9. The summed E-state index contributed by atoms with van der Waals surface area (Å²) in [6.45, 7) is 8.95. The average Bonchev–Trinajstić information content (AvgIpc) is 2.87. The second-order valence-corrected chi connectivity index (χ2v) is 10.3. The summed E-state index contributed by atoms with van der Waals surface area (Å²) in [5.41, 5.74) is 5.24. The molecule has 0 aromatic heterocycles. The van der Waals surface area contributed by atoms with Crippen LogP contribution in [-0.2, 0) is 16.6 Å². The van der Waals surface area contributed by atoms with E-state index in [-0.39, 0.29) is 17.7 Å². The summed E-state index contributed by atoms with van der Waals surface area (Å²) in [5.74, 6) is 0.908. The Morgan fingerprint density at radius 2 is 1.59 bits per heavy atom. The monoisotopic (exact) mass is 457 g/mol. The fraction of sp³-hybridized carbons (Fsp3) is 0.419. The van der Waals surface area contributed by atoms with Gasteiger partial charge in [-0.25, -0.2) is 0 Å². The van der Waals surface area contributed by atoms with Crippen LogP contribution in [0.25, 0.3) is 0 Å². The van der Waals surface area contributed by atoms with Crippen molar-refractivity contribution in [1.82, 2.24) is 4.90 Å². The molecule has 1 fully saturated rings. The van der Waals surface area contributed by atoms with Crippen LogP contribution in [0.2, 0.25) is 0 Å². The molecule has 0 N–H and O–H groups in total. The van der Waals surface area contributed by atoms with Crippen LogP contribution in [0, 0.1) is 0 Å². The Balaban J connectivity index is 1.57. The molecular weight excluding hydrogens is 418 g/mol. The van der Waals surface area contributed by atoms with E-state index in [0.717, 1.165) is 31.7 Å². The third-order valence-electron chi connectivity index (χ3n) is 6.85. The molecule has 3 nitrogen and oxygen atoms in total. The predicted octanol–water partition coefficient (Wildman–Crippen LogP) is 7.15. The highest BCUT2D eigenvalue weighted by Gasteiger charge is 2.30. The first-order valence-corrected chi connectivity index (χ1v) is 12.6. The highest BCUT2D eigenvalue weighted by Crippen LogP contribution is 2.37. The number of rotatable bonds is 8. The zero-order valence-corrected chi connectivity index (χ0v) is 21.2. The van der Waals surface area contributed by atoms with Crippen molar-refractivity contribution in [1.29, 1.82) is 0 Å². The van der Waals surface area contributed by atoms with E-state index < -0.39 is 0 Å². The molecule has 34 heavy (non-hydrogen) atoms. The fourth-order valence-corrected chi connectivity index (χ4v) is 4.96. The van der Waals surface area contributed by atoms with Gasteiger partial charge in [-0.1, -0.05) is 87.5 Å². The van der Waals surface area contributed by atoms with Crippen LogP contribution in [0.5, 0.6) is 5.75 Å². The van der Waals surface area contributed by atoms with Crippen LogP contribution in [0.15, 0.2) is 78.9 Å². The minimum atomic E-state index is -0.0804. The molecular formula is C31H39NO2. The molecule has 1 aliphatic rings. The largest absolute Gasteiger partial charge is 0.497 e. The van der Waals surface area contributed by atoms with Gasteiger partial charge >= 0.3 is 0 Å². The first-order valence-electron chi connectivity index (χ1n) is 12.6. The lowest BCUT2D eigenvalue weighted by atomic mass is 9.81. The standard InChI is InChI=1S/C31H39NO2/c1-31(2,3)28-15-9-8-14-27(28)30(25-12-6-5-7-13-25)34-29-16-10-11-22-32(29)23-21-24-17-19-26(33-4)20-18-24/h5-9,12-15,17-20,29-30H,10-11,16,21-23H2,1-4H3/t29-,30-/m1/s1. The third-order valence-corrected chi connectivity index (χ3v) is 6.85. The van der Waals surface area contributed by atoms with Gasteiger partial charge in [0.1, 0.15) is 18.1 Å². The van der Waals surface area contributed by atoms with Crippen LogP contribution in [0.4, 0.5) is 0 Å². The molecule has 3 heteroatoms. The van der Waals surface area contributed by atoms with Gasteiger partial charge in [-0.05, 0) is 65.5 Å². The van der Waals surface area contributed by atoms with Crippen LogP contribution in [0.1, 0.15) is 68.4 Å². The number of benzene rings is 3. The molecule has 0 amide bonds. The van der Waals surface area contributed by atoms with Crippen molar-refractivity contribution in [2.24, 2.45) is 0 Å². The van der Waals surface area contributed by atoms with Crippen molar-refractivity contribution in [3.05, 3.63) is 101 Å². The highest BCUT2D eigenvalue weighted by atomic mass is 16.5. The molecule has 0 unspecified atom stereocenters. The number of ether oxygens (including phenoxy) is 2. The third kappa shape index (κ3) is 6.08. The molecule has 0 radical (unpaired) electrons. The lowest BCUT2D eigenvalue weighted by Gasteiger charge is -2.39. The maximum atomic E-state index is 7.04. The zero-order chi connectivity index (χ0) is 24.0. The van der Waals surface area contributed by atoms with Gasteiger partial charge in [-0.15, -0.1) is 0 Å². The Labute approximate surface area is 205 Å². The Kier molecular flexibility index (Phi) is 8.07. The molecule has 3 aromatic rings. The quantitative estimate of drug-likeness (QED) is 0.358. The topological polar surface area (TPSA) is 21.7 Å². The van der Waals surface area contributed by atoms with E-state index in [2.05, 4.69) is 92.4 Å². The molecule has 0 spiro atoms. The smallest absolute Gasteiger partial charge is 0.118 e. The van der Waals surface area contributed by atoms with Gasteiger partial charge in [-0.3, -0.25) is 4.90 Å². The highest BCUT2D eigenvalue weighted by molar-refractivity contribution is 5.39. The van der Waals surface area contributed by atoms with E-state index in [4.69, 9.17) is 9.47 Å². The predicted molar refractivity (Wildman–Crippen MR) is 140 cm³/mol. The Bertz CT molecular complexity index is 1020. The van der Waals surface area contributed by atoms with E-state index in [1.807, 2.05) is 12.1 Å². The van der Waals surface area contributed by atoms with E-state index in [1.54, 1.807) is 7.11 Å². The molecule has 0 bridgehead atoms. The number of likely N-dealkylation sites (tertiary alicyclic amines) is 1. The van der Waals surface area contributed by atoms with Crippen LogP contribution in [-0.4, -0.2) is 31.3 Å². The molecule has 1 saturated heterocycles. The summed E-state index contributed by atoms with van der Waals surface area (Å²) in [6, 6.07) is 28.0. The average molecular weight is 458 g/mol. The van der Waals surface area contributed by atoms with Crippen molar-refractivity contribution >= 4 is 0 Å². The molecule has 2 atom stereocenters. The summed E-state index contributed by atoms with van der Waals surface area (Å²) < 4.78 is 12.4. The lowest BCUT2D eigenvalue weighted by molar-refractivity contribution is -0.106. The molecule has 3 aromatic carbocycles. The number of piperidine rings is 1. The van der Waals surface area contributed by atoms with Gasteiger partial charge in [-0.2, -0.15) is 0 Å². The SMILES string of the molecule is COc1ccc(CCN2CCCC[C@H]2O[C@H](c2ccccc2)c2ccccc2C(C)(C)C)cc1. The Hall–Kier alpha value is -2.62. The van der Waals surface area contributed by atoms with Crippen molar-refractivity contribution in [2.45, 2.75) is 64.2 Å². The second-order valence-electron chi connectivity index (χ2n) is 10.3. The van der Waals surface area contributed by atoms with E-state index in [0.29, 0.717) is 0 Å². The summed E-state index contributed by atoms with van der Waals surface area (Å²) in [4.78, 5) is 2.55. The van der Waals surface area contributed by atoms with Crippen molar-refractivity contribution < 1.29 is 9.47 Å². The Morgan fingerprint density at radius 3 is 2.29 bits per heavy atom. The zero-order valence-electron chi connectivity index (χ0n) is 21.2. The van der Waals surface area contributed by atoms with E-state index in [9.17, 15) is 0 Å². The van der Waals surface area contributed by atoms with Gasteiger partial charge in [0.25, 0.3) is 0 Å². The maximum Gasteiger partial charge on any atom is 0.118 e. The molecule has 0 aliphatic carbocycles.